The number of ether oxygens (including phenoxy) is 1. The van der Waals surface area contributed by atoms with E-state index in [4.69, 9.17) is 4.74 Å². The Hall–Kier alpha value is -1.94. The Morgan fingerprint density at radius 3 is 2.47 bits per heavy atom. The molecule has 0 heterocycles. The van der Waals surface area contributed by atoms with Crippen LogP contribution in [0.3, 0.4) is 0 Å². The van der Waals surface area contributed by atoms with E-state index in [2.05, 4.69) is 5.32 Å². The molecule has 4 heteroatoms. The first-order chi connectivity index (χ1) is 9.15. The van der Waals surface area contributed by atoms with Crippen LogP contribution in [0.5, 0.6) is 5.75 Å². The SMILES string of the molecule is CNCc1cc(OC)ccc1-c1ccc(F)c(F)c1. The molecule has 2 nitrogen and oxygen atoms in total. The number of rotatable bonds is 4. The number of hydrogen-bond donors (Lipinski definition) is 1. The van der Waals surface area contributed by atoms with Gasteiger partial charge < -0.3 is 10.1 Å². The van der Waals surface area contributed by atoms with Crippen molar-refractivity contribution in [3.63, 3.8) is 0 Å². The maximum atomic E-state index is 13.3. The fourth-order valence-corrected chi connectivity index (χ4v) is 1.98. The lowest BCUT2D eigenvalue weighted by atomic mass is 9.99. The fraction of sp³-hybridized carbons (Fsp3) is 0.200. The van der Waals surface area contributed by atoms with Gasteiger partial charge in [0.15, 0.2) is 11.6 Å². The summed E-state index contributed by atoms with van der Waals surface area (Å²) in [6, 6.07) is 9.44. The minimum absolute atomic E-state index is 0.617. The van der Waals surface area contributed by atoms with Gasteiger partial charge in [-0.25, -0.2) is 8.78 Å². The molecule has 0 aliphatic heterocycles. The summed E-state index contributed by atoms with van der Waals surface area (Å²) in [5, 5.41) is 3.05. The Morgan fingerprint density at radius 1 is 1.05 bits per heavy atom. The van der Waals surface area contributed by atoms with Crippen LogP contribution in [0.1, 0.15) is 5.56 Å². The van der Waals surface area contributed by atoms with Gasteiger partial charge >= 0.3 is 0 Å². The van der Waals surface area contributed by atoms with E-state index in [-0.39, 0.29) is 0 Å². The second kappa shape index (κ2) is 5.80. The summed E-state index contributed by atoms with van der Waals surface area (Å²) in [5.41, 5.74) is 2.47. The van der Waals surface area contributed by atoms with Crippen molar-refractivity contribution in [1.82, 2.24) is 5.32 Å². The molecule has 0 saturated carbocycles. The fourth-order valence-electron chi connectivity index (χ4n) is 1.98. The average Bonchev–Trinajstić information content (AvgIpc) is 2.42. The highest BCUT2D eigenvalue weighted by Gasteiger charge is 2.09. The molecule has 0 bridgehead atoms. The minimum atomic E-state index is -0.844. The highest BCUT2D eigenvalue weighted by Crippen LogP contribution is 2.28. The van der Waals surface area contributed by atoms with E-state index in [9.17, 15) is 8.78 Å². The zero-order valence-electron chi connectivity index (χ0n) is 10.8. The molecular formula is C15H15F2NO. The van der Waals surface area contributed by atoms with Crippen LogP contribution >= 0.6 is 0 Å². The summed E-state index contributed by atoms with van der Waals surface area (Å²) < 4.78 is 31.5. The third kappa shape index (κ3) is 2.90. The summed E-state index contributed by atoms with van der Waals surface area (Å²) in [6.07, 6.45) is 0. The maximum Gasteiger partial charge on any atom is 0.159 e. The van der Waals surface area contributed by atoms with E-state index in [1.807, 2.05) is 19.2 Å². The summed E-state index contributed by atoms with van der Waals surface area (Å²) in [5.74, 6) is -0.951. The molecule has 1 N–H and O–H groups in total. The van der Waals surface area contributed by atoms with Crippen molar-refractivity contribution in [3.05, 3.63) is 53.6 Å². The minimum Gasteiger partial charge on any atom is -0.497 e. The molecule has 0 fully saturated rings. The Bertz CT molecular complexity index is 584. The van der Waals surface area contributed by atoms with E-state index in [0.717, 1.165) is 22.9 Å². The lowest BCUT2D eigenvalue weighted by Gasteiger charge is -2.12. The molecule has 0 atom stereocenters. The molecule has 0 spiro atoms. The number of methoxy groups -OCH3 is 1. The first-order valence-corrected chi connectivity index (χ1v) is 5.92. The lowest BCUT2D eigenvalue weighted by molar-refractivity contribution is 0.414. The molecular weight excluding hydrogens is 248 g/mol. The van der Waals surface area contributed by atoms with E-state index in [0.29, 0.717) is 12.1 Å². The van der Waals surface area contributed by atoms with Gasteiger partial charge in [-0.15, -0.1) is 0 Å². The molecule has 2 rings (SSSR count). The molecule has 19 heavy (non-hydrogen) atoms. The predicted molar refractivity (Wildman–Crippen MR) is 71.1 cm³/mol. The normalized spacial score (nSPS) is 10.5. The van der Waals surface area contributed by atoms with Gasteiger partial charge in [0.1, 0.15) is 5.75 Å². The second-order valence-electron chi connectivity index (χ2n) is 4.18. The third-order valence-corrected chi connectivity index (χ3v) is 2.91. The van der Waals surface area contributed by atoms with Crippen LogP contribution in [-0.2, 0) is 6.54 Å². The first kappa shape index (κ1) is 13.5. The Labute approximate surface area is 111 Å². The van der Waals surface area contributed by atoms with Crippen LogP contribution in [0, 0.1) is 11.6 Å². The van der Waals surface area contributed by atoms with Crippen molar-refractivity contribution in [2.75, 3.05) is 14.2 Å². The zero-order chi connectivity index (χ0) is 13.8. The zero-order valence-corrected chi connectivity index (χ0v) is 10.8. The van der Waals surface area contributed by atoms with E-state index < -0.39 is 11.6 Å². The smallest absolute Gasteiger partial charge is 0.159 e. The van der Waals surface area contributed by atoms with Gasteiger partial charge in [-0.1, -0.05) is 12.1 Å². The number of halogens is 2. The van der Waals surface area contributed by atoms with Gasteiger partial charge in [-0.3, -0.25) is 0 Å². The van der Waals surface area contributed by atoms with Gasteiger partial charge in [0, 0.05) is 6.54 Å². The largest absolute Gasteiger partial charge is 0.497 e. The number of hydrogen-bond acceptors (Lipinski definition) is 2. The number of nitrogens with one attached hydrogen (secondary N) is 1. The van der Waals surface area contributed by atoms with Crippen molar-refractivity contribution < 1.29 is 13.5 Å². The molecule has 2 aromatic carbocycles. The van der Waals surface area contributed by atoms with Crippen molar-refractivity contribution >= 4 is 0 Å². The van der Waals surface area contributed by atoms with Crippen LogP contribution in [0.4, 0.5) is 8.78 Å². The summed E-state index contributed by atoms with van der Waals surface area (Å²) in [4.78, 5) is 0. The molecule has 0 amide bonds. The van der Waals surface area contributed by atoms with Gasteiger partial charge in [0.25, 0.3) is 0 Å². The third-order valence-electron chi connectivity index (χ3n) is 2.91. The van der Waals surface area contributed by atoms with Gasteiger partial charge in [-0.2, -0.15) is 0 Å². The Kier molecular flexibility index (Phi) is 4.12. The standard InChI is InChI=1S/C15H15F2NO/c1-18-9-11-7-12(19-2)4-5-13(11)10-3-6-14(16)15(17)8-10/h3-8,18H,9H2,1-2H3. The molecule has 0 unspecified atom stereocenters. The molecule has 0 saturated heterocycles. The van der Waals surface area contributed by atoms with Crippen LogP contribution in [0.15, 0.2) is 36.4 Å². The van der Waals surface area contributed by atoms with E-state index >= 15 is 0 Å². The maximum absolute atomic E-state index is 13.3. The van der Waals surface area contributed by atoms with Crippen molar-refractivity contribution in [2.24, 2.45) is 0 Å². The Morgan fingerprint density at radius 2 is 1.84 bits per heavy atom. The molecule has 2 aromatic rings. The topological polar surface area (TPSA) is 21.3 Å². The second-order valence-corrected chi connectivity index (χ2v) is 4.18. The lowest BCUT2D eigenvalue weighted by Crippen LogP contribution is -2.06. The van der Waals surface area contributed by atoms with Gasteiger partial charge in [-0.05, 0) is 48.0 Å². The van der Waals surface area contributed by atoms with Gasteiger partial charge in [0.2, 0.25) is 0 Å². The highest BCUT2D eigenvalue weighted by molar-refractivity contribution is 5.68. The number of benzene rings is 2. The molecule has 0 aliphatic carbocycles. The molecule has 0 radical (unpaired) electrons. The molecule has 0 aliphatic rings. The molecule has 0 aromatic heterocycles. The molecule has 100 valence electrons. The monoisotopic (exact) mass is 263 g/mol. The van der Waals surface area contributed by atoms with Crippen molar-refractivity contribution in [1.29, 1.82) is 0 Å². The van der Waals surface area contributed by atoms with Crippen LogP contribution < -0.4 is 10.1 Å². The van der Waals surface area contributed by atoms with Crippen molar-refractivity contribution in [3.8, 4) is 16.9 Å². The van der Waals surface area contributed by atoms with Crippen LogP contribution in [-0.4, -0.2) is 14.2 Å². The van der Waals surface area contributed by atoms with Crippen LogP contribution in [0.2, 0.25) is 0 Å². The quantitative estimate of drug-likeness (QED) is 0.913. The summed E-state index contributed by atoms with van der Waals surface area (Å²) in [6.45, 7) is 0.617. The Balaban J connectivity index is 2.50. The van der Waals surface area contributed by atoms with E-state index in [1.54, 1.807) is 19.2 Å². The predicted octanol–water partition coefficient (Wildman–Crippen LogP) is 3.36. The van der Waals surface area contributed by atoms with Crippen LogP contribution in [0.25, 0.3) is 11.1 Å². The van der Waals surface area contributed by atoms with E-state index in [1.165, 1.54) is 6.07 Å². The van der Waals surface area contributed by atoms with Crippen molar-refractivity contribution in [2.45, 2.75) is 6.54 Å². The highest BCUT2D eigenvalue weighted by atomic mass is 19.2. The average molecular weight is 263 g/mol. The summed E-state index contributed by atoms with van der Waals surface area (Å²) in [7, 11) is 3.42. The summed E-state index contributed by atoms with van der Waals surface area (Å²) >= 11 is 0. The van der Waals surface area contributed by atoms with Gasteiger partial charge in [0.05, 0.1) is 7.11 Å². The first-order valence-electron chi connectivity index (χ1n) is 5.92.